The van der Waals surface area contributed by atoms with E-state index in [0.29, 0.717) is 6.04 Å². The van der Waals surface area contributed by atoms with Crippen LogP contribution in [-0.4, -0.2) is 19.1 Å². The van der Waals surface area contributed by atoms with Gasteiger partial charge in [0.2, 0.25) is 0 Å². The summed E-state index contributed by atoms with van der Waals surface area (Å²) in [6.45, 7) is 8.97. The van der Waals surface area contributed by atoms with E-state index in [1.54, 1.807) is 0 Å². The van der Waals surface area contributed by atoms with Gasteiger partial charge in [0.05, 0.1) is 0 Å². The number of nitrogens with one attached hydrogen (secondary N) is 1. The van der Waals surface area contributed by atoms with E-state index in [1.165, 1.54) is 64.3 Å². The highest BCUT2D eigenvalue weighted by Gasteiger charge is 2.07. The highest BCUT2D eigenvalue weighted by Crippen LogP contribution is 2.09. The molecule has 0 aromatic heterocycles. The summed E-state index contributed by atoms with van der Waals surface area (Å²) in [5.74, 6) is 0.799. The Labute approximate surface area is 115 Å². The molecule has 2 nitrogen and oxygen atoms in total. The van der Waals surface area contributed by atoms with Gasteiger partial charge >= 0.3 is 0 Å². The van der Waals surface area contributed by atoms with Crippen LogP contribution in [0, 0.1) is 5.92 Å². The molecule has 0 aliphatic carbocycles. The first-order valence-corrected chi connectivity index (χ1v) is 8.15. The SMILES string of the molecule is CCC(C)C(C)NCCCCCCCCCCN. The van der Waals surface area contributed by atoms with Gasteiger partial charge in [-0.1, -0.05) is 58.8 Å². The van der Waals surface area contributed by atoms with Crippen molar-refractivity contribution in [3.05, 3.63) is 0 Å². The maximum Gasteiger partial charge on any atom is 0.00642 e. The summed E-state index contributed by atoms with van der Waals surface area (Å²) in [4.78, 5) is 0. The third-order valence-electron chi connectivity index (χ3n) is 4.09. The molecular formula is C16H36N2. The minimum Gasteiger partial charge on any atom is -0.330 e. The van der Waals surface area contributed by atoms with Crippen molar-refractivity contribution in [3.8, 4) is 0 Å². The highest BCUT2D eigenvalue weighted by molar-refractivity contribution is 4.66. The number of nitrogens with two attached hydrogens (primary N) is 1. The van der Waals surface area contributed by atoms with Crippen molar-refractivity contribution in [3.63, 3.8) is 0 Å². The standard InChI is InChI=1S/C16H36N2/c1-4-15(2)16(3)18-14-12-10-8-6-5-7-9-11-13-17/h15-16,18H,4-14,17H2,1-3H3. The van der Waals surface area contributed by atoms with E-state index >= 15 is 0 Å². The molecule has 0 saturated heterocycles. The van der Waals surface area contributed by atoms with Gasteiger partial charge in [-0.3, -0.25) is 0 Å². The molecule has 0 amide bonds. The molecule has 0 spiro atoms. The fourth-order valence-corrected chi connectivity index (χ4v) is 2.21. The van der Waals surface area contributed by atoms with Crippen molar-refractivity contribution < 1.29 is 0 Å². The van der Waals surface area contributed by atoms with E-state index in [-0.39, 0.29) is 0 Å². The number of rotatable bonds is 13. The first-order valence-electron chi connectivity index (χ1n) is 8.15. The molecule has 2 atom stereocenters. The molecule has 110 valence electrons. The van der Waals surface area contributed by atoms with E-state index < -0.39 is 0 Å². The van der Waals surface area contributed by atoms with Crippen molar-refractivity contribution in [2.24, 2.45) is 11.7 Å². The van der Waals surface area contributed by atoms with Gasteiger partial charge in [-0.05, 0) is 38.8 Å². The van der Waals surface area contributed by atoms with Gasteiger partial charge in [0.25, 0.3) is 0 Å². The summed E-state index contributed by atoms with van der Waals surface area (Å²) in [6.07, 6.45) is 12.1. The third kappa shape index (κ3) is 11.0. The van der Waals surface area contributed by atoms with Gasteiger partial charge in [0.1, 0.15) is 0 Å². The first-order chi connectivity index (χ1) is 8.72. The predicted octanol–water partition coefficient (Wildman–Crippen LogP) is 4.09. The second kappa shape index (κ2) is 13.4. The monoisotopic (exact) mass is 256 g/mol. The van der Waals surface area contributed by atoms with Crippen LogP contribution in [0.3, 0.4) is 0 Å². The minimum absolute atomic E-state index is 0.672. The molecule has 0 aliphatic rings. The maximum absolute atomic E-state index is 5.47. The smallest absolute Gasteiger partial charge is 0.00642 e. The van der Waals surface area contributed by atoms with Gasteiger partial charge < -0.3 is 11.1 Å². The average molecular weight is 256 g/mol. The Balaban J connectivity index is 3.11. The molecule has 0 heterocycles. The second-order valence-electron chi connectivity index (χ2n) is 5.75. The van der Waals surface area contributed by atoms with Crippen LogP contribution in [0.25, 0.3) is 0 Å². The van der Waals surface area contributed by atoms with E-state index in [4.69, 9.17) is 5.73 Å². The summed E-state index contributed by atoms with van der Waals surface area (Å²) in [6, 6.07) is 0.672. The first kappa shape index (κ1) is 17.9. The van der Waals surface area contributed by atoms with E-state index in [1.807, 2.05) is 0 Å². The lowest BCUT2D eigenvalue weighted by Crippen LogP contribution is -2.32. The Morgan fingerprint density at radius 1 is 0.833 bits per heavy atom. The molecule has 0 aliphatic heterocycles. The fraction of sp³-hybridized carbons (Fsp3) is 1.00. The molecule has 0 bridgehead atoms. The van der Waals surface area contributed by atoms with Gasteiger partial charge in [-0.2, -0.15) is 0 Å². The molecular weight excluding hydrogens is 220 g/mol. The van der Waals surface area contributed by atoms with Crippen molar-refractivity contribution in [1.82, 2.24) is 5.32 Å². The topological polar surface area (TPSA) is 38.0 Å². The molecule has 0 fully saturated rings. The molecule has 0 rings (SSSR count). The zero-order valence-corrected chi connectivity index (χ0v) is 13.0. The van der Waals surface area contributed by atoms with Gasteiger partial charge in [-0.25, -0.2) is 0 Å². The molecule has 18 heavy (non-hydrogen) atoms. The van der Waals surface area contributed by atoms with Crippen LogP contribution in [0.4, 0.5) is 0 Å². The lowest BCUT2D eigenvalue weighted by atomic mass is 10.0. The van der Waals surface area contributed by atoms with Crippen LogP contribution in [-0.2, 0) is 0 Å². The van der Waals surface area contributed by atoms with E-state index in [9.17, 15) is 0 Å². The highest BCUT2D eigenvalue weighted by atomic mass is 14.9. The Kier molecular flexibility index (Phi) is 13.3. The summed E-state index contributed by atoms with van der Waals surface area (Å²) in [5, 5.41) is 3.64. The largest absolute Gasteiger partial charge is 0.330 e. The van der Waals surface area contributed by atoms with Crippen LogP contribution in [0.2, 0.25) is 0 Å². The van der Waals surface area contributed by atoms with Gasteiger partial charge in [0, 0.05) is 6.04 Å². The number of hydrogen-bond acceptors (Lipinski definition) is 2. The van der Waals surface area contributed by atoms with Crippen molar-refractivity contribution >= 4 is 0 Å². The van der Waals surface area contributed by atoms with Crippen molar-refractivity contribution in [2.45, 2.75) is 84.6 Å². The lowest BCUT2D eigenvalue weighted by Gasteiger charge is -2.19. The lowest BCUT2D eigenvalue weighted by molar-refractivity contribution is 0.385. The minimum atomic E-state index is 0.672. The van der Waals surface area contributed by atoms with Crippen LogP contribution in [0.1, 0.15) is 78.6 Å². The third-order valence-corrected chi connectivity index (χ3v) is 4.09. The van der Waals surface area contributed by atoms with Gasteiger partial charge in [-0.15, -0.1) is 0 Å². The molecule has 0 radical (unpaired) electrons. The second-order valence-corrected chi connectivity index (χ2v) is 5.75. The molecule has 2 heteroatoms. The molecule has 3 N–H and O–H groups in total. The van der Waals surface area contributed by atoms with Gasteiger partial charge in [0.15, 0.2) is 0 Å². The summed E-state index contributed by atoms with van der Waals surface area (Å²) in [5.41, 5.74) is 5.47. The van der Waals surface area contributed by atoms with Crippen molar-refractivity contribution in [1.29, 1.82) is 0 Å². The van der Waals surface area contributed by atoms with Crippen LogP contribution in [0.15, 0.2) is 0 Å². The molecule has 2 unspecified atom stereocenters. The van der Waals surface area contributed by atoms with Crippen LogP contribution < -0.4 is 11.1 Å². The number of unbranched alkanes of at least 4 members (excludes halogenated alkanes) is 7. The normalized spacial score (nSPS) is 14.7. The quantitative estimate of drug-likeness (QED) is 0.487. The summed E-state index contributed by atoms with van der Waals surface area (Å²) >= 11 is 0. The van der Waals surface area contributed by atoms with E-state index in [0.717, 1.165) is 12.5 Å². The summed E-state index contributed by atoms with van der Waals surface area (Å²) in [7, 11) is 0. The predicted molar refractivity (Wildman–Crippen MR) is 82.9 cm³/mol. The molecule has 0 aromatic carbocycles. The Morgan fingerprint density at radius 3 is 1.83 bits per heavy atom. The average Bonchev–Trinajstić information content (AvgIpc) is 2.39. The zero-order valence-electron chi connectivity index (χ0n) is 13.0. The molecule has 0 aromatic rings. The Hall–Kier alpha value is -0.0800. The van der Waals surface area contributed by atoms with E-state index in [2.05, 4.69) is 26.1 Å². The zero-order chi connectivity index (χ0) is 13.6. The molecule has 0 saturated carbocycles. The number of hydrogen-bond donors (Lipinski definition) is 2. The fourth-order valence-electron chi connectivity index (χ4n) is 2.21. The Bertz CT molecular complexity index is 159. The van der Waals surface area contributed by atoms with Crippen LogP contribution >= 0.6 is 0 Å². The Morgan fingerprint density at radius 2 is 1.33 bits per heavy atom. The maximum atomic E-state index is 5.47. The van der Waals surface area contributed by atoms with Crippen molar-refractivity contribution in [2.75, 3.05) is 13.1 Å². The summed E-state index contributed by atoms with van der Waals surface area (Å²) < 4.78 is 0. The van der Waals surface area contributed by atoms with Crippen LogP contribution in [0.5, 0.6) is 0 Å².